The van der Waals surface area contributed by atoms with Gasteiger partial charge in [0.25, 0.3) is 0 Å². The largest absolute Gasteiger partial charge is 0.508 e. The second-order valence-corrected chi connectivity index (χ2v) is 14.2. The Morgan fingerprint density at radius 2 is 1.72 bits per heavy atom. The standard InChI is InChI=1S/C33H53NO4S/c1-4-5-20-34(3)29(37)13-11-9-7-6-8-10-12-21-39-32-30-25(18-19-33(2)27(30)16-17-28(33)36)24-15-14-23(35)22-26(24)31(32)38/h14-15,22,25,27-28,30-32,35-36,38H,4-13,16-21H2,1-3H3/t25?,27?,28-,30?,31+,32-,33-/m0/s1. The lowest BCUT2D eigenvalue weighted by molar-refractivity contribution is -0.130. The van der Waals surface area contributed by atoms with Crippen LogP contribution in [0.1, 0.15) is 127 Å². The molecule has 0 heterocycles. The Morgan fingerprint density at radius 3 is 2.46 bits per heavy atom. The summed E-state index contributed by atoms with van der Waals surface area (Å²) in [5.74, 6) is 2.79. The van der Waals surface area contributed by atoms with Crippen molar-refractivity contribution in [1.82, 2.24) is 4.90 Å². The third kappa shape index (κ3) is 6.98. The smallest absolute Gasteiger partial charge is 0.222 e. The Hall–Kier alpha value is -1.24. The van der Waals surface area contributed by atoms with E-state index >= 15 is 0 Å². The number of unbranched alkanes of at least 4 members (excludes halogenated alkanes) is 7. The highest BCUT2D eigenvalue weighted by molar-refractivity contribution is 7.99. The van der Waals surface area contributed by atoms with E-state index in [1.807, 2.05) is 29.8 Å². The number of phenolic OH excluding ortho intramolecular Hbond substituents is 1. The topological polar surface area (TPSA) is 81.0 Å². The SMILES string of the molecule is CCCCN(C)C(=O)CCCCCCCCCS[C@H]1C2C(CC[C@@]3(C)C2CC[C@@H]3O)c2ccc(O)cc2[C@H]1O. The maximum Gasteiger partial charge on any atom is 0.222 e. The van der Waals surface area contributed by atoms with Crippen molar-refractivity contribution in [1.29, 1.82) is 0 Å². The van der Waals surface area contributed by atoms with Gasteiger partial charge in [0, 0.05) is 25.3 Å². The van der Waals surface area contributed by atoms with Crippen molar-refractivity contribution in [2.24, 2.45) is 17.3 Å². The number of carbonyl (C=O) groups excluding carboxylic acids is 1. The fourth-order valence-corrected chi connectivity index (χ4v) is 9.50. The molecule has 0 spiro atoms. The van der Waals surface area contributed by atoms with E-state index in [9.17, 15) is 20.1 Å². The van der Waals surface area contributed by atoms with Crippen LogP contribution in [0.4, 0.5) is 0 Å². The molecule has 3 aliphatic rings. The second-order valence-electron chi connectivity index (χ2n) is 12.9. The summed E-state index contributed by atoms with van der Waals surface area (Å²) in [5.41, 5.74) is 2.11. The molecule has 39 heavy (non-hydrogen) atoms. The lowest BCUT2D eigenvalue weighted by Crippen LogP contribution is -2.49. The molecule has 2 fully saturated rings. The second kappa shape index (κ2) is 14.1. The van der Waals surface area contributed by atoms with Crippen LogP contribution in [-0.2, 0) is 4.79 Å². The predicted octanol–water partition coefficient (Wildman–Crippen LogP) is 7.19. The molecule has 1 aromatic carbocycles. The molecule has 6 heteroatoms. The molecule has 0 saturated heterocycles. The fourth-order valence-electron chi connectivity index (χ4n) is 7.93. The van der Waals surface area contributed by atoms with Crippen molar-refractivity contribution in [2.45, 2.75) is 127 Å². The van der Waals surface area contributed by atoms with E-state index in [1.54, 1.807) is 12.1 Å². The number of carbonyl (C=O) groups is 1. The number of aliphatic hydroxyl groups excluding tert-OH is 2. The summed E-state index contributed by atoms with van der Waals surface area (Å²) in [6, 6.07) is 5.61. The molecule has 220 valence electrons. The summed E-state index contributed by atoms with van der Waals surface area (Å²) in [5, 5.41) is 32.7. The van der Waals surface area contributed by atoms with Gasteiger partial charge in [-0.05, 0) is 97.1 Å². The monoisotopic (exact) mass is 559 g/mol. The zero-order valence-corrected chi connectivity index (χ0v) is 25.4. The Balaban J connectivity index is 1.22. The number of fused-ring (bicyclic) bond motifs is 5. The van der Waals surface area contributed by atoms with Crippen LogP contribution >= 0.6 is 11.8 Å². The van der Waals surface area contributed by atoms with E-state index in [1.165, 1.54) is 31.2 Å². The lowest BCUT2D eigenvalue weighted by atomic mass is 9.55. The van der Waals surface area contributed by atoms with Crippen molar-refractivity contribution in [3.8, 4) is 5.75 Å². The summed E-state index contributed by atoms with van der Waals surface area (Å²) in [4.78, 5) is 14.0. The average Bonchev–Trinajstić information content (AvgIpc) is 3.23. The number of thioether (sulfide) groups is 1. The van der Waals surface area contributed by atoms with Gasteiger partial charge < -0.3 is 20.2 Å². The van der Waals surface area contributed by atoms with E-state index in [4.69, 9.17) is 0 Å². The summed E-state index contributed by atoms with van der Waals surface area (Å²) in [6.45, 7) is 5.32. The van der Waals surface area contributed by atoms with Gasteiger partial charge in [-0.1, -0.05) is 58.4 Å². The molecule has 7 atom stereocenters. The van der Waals surface area contributed by atoms with Gasteiger partial charge in [0.1, 0.15) is 5.75 Å². The van der Waals surface area contributed by atoms with Crippen molar-refractivity contribution in [3.63, 3.8) is 0 Å². The van der Waals surface area contributed by atoms with Crippen LogP contribution in [0, 0.1) is 17.3 Å². The number of nitrogens with zero attached hydrogens (tertiary/aromatic N) is 1. The normalized spacial score (nSPS) is 31.4. The number of hydrogen-bond acceptors (Lipinski definition) is 5. The fraction of sp³-hybridized carbons (Fsp3) is 0.788. The third-order valence-corrected chi connectivity index (χ3v) is 11.9. The number of aliphatic hydroxyl groups is 2. The first-order chi connectivity index (χ1) is 18.8. The van der Waals surface area contributed by atoms with Crippen molar-refractivity contribution >= 4 is 17.7 Å². The Kier molecular flexibility index (Phi) is 11.1. The van der Waals surface area contributed by atoms with Crippen LogP contribution in [0.5, 0.6) is 5.75 Å². The molecule has 0 bridgehead atoms. The molecular weight excluding hydrogens is 506 g/mol. The zero-order chi connectivity index (χ0) is 28.0. The molecule has 1 amide bonds. The minimum atomic E-state index is -0.567. The Labute approximate surface area is 241 Å². The minimum Gasteiger partial charge on any atom is -0.508 e. The van der Waals surface area contributed by atoms with Gasteiger partial charge in [0.2, 0.25) is 5.91 Å². The Bertz CT molecular complexity index is 940. The molecule has 4 rings (SSSR count). The molecule has 5 nitrogen and oxygen atoms in total. The van der Waals surface area contributed by atoms with E-state index in [2.05, 4.69) is 13.8 Å². The summed E-state index contributed by atoms with van der Waals surface area (Å²) < 4.78 is 0. The zero-order valence-electron chi connectivity index (χ0n) is 24.6. The summed E-state index contributed by atoms with van der Waals surface area (Å²) >= 11 is 1.94. The molecule has 3 N–H and O–H groups in total. The van der Waals surface area contributed by atoms with Crippen LogP contribution in [0.3, 0.4) is 0 Å². The molecule has 0 aliphatic heterocycles. The maximum absolute atomic E-state index is 12.2. The first-order valence-corrected chi connectivity index (χ1v) is 16.9. The maximum atomic E-state index is 12.2. The van der Waals surface area contributed by atoms with Gasteiger partial charge in [0.15, 0.2) is 0 Å². The molecule has 1 aromatic rings. The molecule has 0 aromatic heterocycles. The number of hydrogen-bond donors (Lipinski definition) is 3. The molecule has 2 saturated carbocycles. The van der Waals surface area contributed by atoms with Crippen LogP contribution in [-0.4, -0.2) is 56.8 Å². The van der Waals surface area contributed by atoms with Crippen LogP contribution in [0.2, 0.25) is 0 Å². The van der Waals surface area contributed by atoms with Gasteiger partial charge in [-0.2, -0.15) is 11.8 Å². The minimum absolute atomic E-state index is 0.0380. The van der Waals surface area contributed by atoms with Crippen LogP contribution < -0.4 is 0 Å². The number of aromatic hydroxyl groups is 1. The van der Waals surface area contributed by atoms with Gasteiger partial charge in [-0.25, -0.2) is 0 Å². The highest BCUT2D eigenvalue weighted by Crippen LogP contribution is 2.64. The van der Waals surface area contributed by atoms with E-state index < -0.39 is 6.10 Å². The lowest BCUT2D eigenvalue weighted by Gasteiger charge is -2.54. The average molecular weight is 560 g/mol. The number of amides is 1. The van der Waals surface area contributed by atoms with Gasteiger partial charge in [-0.3, -0.25) is 4.79 Å². The number of phenols is 1. The van der Waals surface area contributed by atoms with Crippen LogP contribution in [0.25, 0.3) is 0 Å². The van der Waals surface area contributed by atoms with Gasteiger partial charge in [-0.15, -0.1) is 0 Å². The predicted molar refractivity (Wildman–Crippen MR) is 161 cm³/mol. The molecular formula is C33H53NO4S. The quantitative estimate of drug-likeness (QED) is 0.210. The first-order valence-electron chi connectivity index (χ1n) is 15.8. The van der Waals surface area contributed by atoms with Gasteiger partial charge >= 0.3 is 0 Å². The first kappa shape index (κ1) is 30.7. The van der Waals surface area contributed by atoms with E-state index in [-0.39, 0.29) is 28.4 Å². The van der Waals surface area contributed by atoms with Crippen molar-refractivity contribution in [2.75, 3.05) is 19.3 Å². The van der Waals surface area contributed by atoms with E-state index in [0.717, 1.165) is 75.6 Å². The summed E-state index contributed by atoms with van der Waals surface area (Å²) in [6.07, 6.45) is 14.3. The van der Waals surface area contributed by atoms with E-state index in [0.29, 0.717) is 24.2 Å². The number of benzene rings is 1. The van der Waals surface area contributed by atoms with Crippen LogP contribution in [0.15, 0.2) is 18.2 Å². The Morgan fingerprint density at radius 1 is 1.00 bits per heavy atom. The van der Waals surface area contributed by atoms with Crippen molar-refractivity contribution in [3.05, 3.63) is 29.3 Å². The molecule has 0 radical (unpaired) electrons. The highest BCUT2D eigenvalue weighted by atomic mass is 32.2. The summed E-state index contributed by atoms with van der Waals surface area (Å²) in [7, 11) is 1.93. The van der Waals surface area contributed by atoms with Gasteiger partial charge in [0.05, 0.1) is 12.2 Å². The molecule has 3 aliphatic carbocycles. The van der Waals surface area contributed by atoms with Crippen molar-refractivity contribution < 1.29 is 20.1 Å². The number of rotatable bonds is 14. The highest BCUT2D eigenvalue weighted by Gasteiger charge is 2.58. The third-order valence-electron chi connectivity index (χ3n) is 10.4. The molecule has 3 unspecified atom stereocenters.